The van der Waals surface area contributed by atoms with Crippen molar-refractivity contribution in [2.75, 3.05) is 11.6 Å². The monoisotopic (exact) mass is 203 g/mol. The summed E-state index contributed by atoms with van der Waals surface area (Å²) >= 11 is 0. The van der Waals surface area contributed by atoms with E-state index in [1.807, 2.05) is 6.20 Å². The van der Waals surface area contributed by atoms with Crippen molar-refractivity contribution in [3.05, 3.63) is 42.3 Å². The second-order valence-corrected chi connectivity index (χ2v) is 4.85. The Morgan fingerprint density at radius 2 is 2.07 bits per heavy atom. The van der Waals surface area contributed by atoms with E-state index >= 15 is 0 Å². The number of rotatable bonds is 1. The molecule has 0 saturated carbocycles. The average Bonchev–Trinajstić information content (AvgIpc) is 2.69. The van der Waals surface area contributed by atoms with Crippen LogP contribution in [0.2, 0.25) is 0 Å². The summed E-state index contributed by atoms with van der Waals surface area (Å²) in [4.78, 5) is 2.09. The van der Waals surface area contributed by atoms with Gasteiger partial charge in [-0.1, -0.05) is 32.9 Å². The van der Waals surface area contributed by atoms with Gasteiger partial charge in [-0.15, -0.1) is 0 Å². The normalized spacial score (nSPS) is 15.5. The Hall–Kier alpha value is -1.44. The second kappa shape index (κ2) is 3.61. The van der Waals surface area contributed by atoms with Crippen molar-refractivity contribution in [3.63, 3.8) is 0 Å². The van der Waals surface area contributed by atoms with Gasteiger partial charge in [0.1, 0.15) is 6.26 Å². The van der Waals surface area contributed by atoms with E-state index in [1.54, 1.807) is 6.26 Å². The minimum atomic E-state index is 0.195. The van der Waals surface area contributed by atoms with Crippen LogP contribution in [0.1, 0.15) is 26.3 Å². The average molecular weight is 203 g/mol. The molecule has 2 rings (SSSR count). The SMILES string of the molecule is CC(C)(C)c1cccc(N2C=COC2)c1. The molecule has 1 aromatic rings. The third-order valence-corrected chi connectivity index (χ3v) is 2.59. The summed E-state index contributed by atoms with van der Waals surface area (Å²) in [6.07, 6.45) is 3.69. The van der Waals surface area contributed by atoms with Crippen molar-refractivity contribution in [1.29, 1.82) is 0 Å². The van der Waals surface area contributed by atoms with Crippen molar-refractivity contribution in [1.82, 2.24) is 0 Å². The van der Waals surface area contributed by atoms with Gasteiger partial charge in [-0.05, 0) is 23.1 Å². The summed E-state index contributed by atoms with van der Waals surface area (Å²) in [7, 11) is 0. The summed E-state index contributed by atoms with van der Waals surface area (Å²) in [5.74, 6) is 0. The predicted octanol–water partition coefficient (Wildman–Crippen LogP) is 3.25. The van der Waals surface area contributed by atoms with Crippen LogP contribution in [0.4, 0.5) is 5.69 Å². The standard InChI is InChI=1S/C13H17NO/c1-13(2,3)11-5-4-6-12(9-11)14-7-8-15-10-14/h4-9H,10H2,1-3H3. The maximum absolute atomic E-state index is 5.18. The van der Waals surface area contributed by atoms with Gasteiger partial charge in [-0.2, -0.15) is 0 Å². The Morgan fingerprint density at radius 3 is 2.67 bits per heavy atom. The van der Waals surface area contributed by atoms with E-state index in [0.717, 1.165) is 0 Å². The number of benzene rings is 1. The van der Waals surface area contributed by atoms with Gasteiger partial charge < -0.3 is 9.64 Å². The zero-order chi connectivity index (χ0) is 10.9. The van der Waals surface area contributed by atoms with Crippen LogP contribution in [0, 0.1) is 0 Å². The Morgan fingerprint density at radius 1 is 1.27 bits per heavy atom. The summed E-state index contributed by atoms with van der Waals surface area (Å²) in [6.45, 7) is 7.29. The molecule has 1 aliphatic rings. The lowest BCUT2D eigenvalue weighted by Gasteiger charge is -2.22. The molecule has 1 aromatic carbocycles. The van der Waals surface area contributed by atoms with Gasteiger partial charge in [0, 0.05) is 11.9 Å². The predicted molar refractivity (Wildman–Crippen MR) is 62.7 cm³/mol. The Balaban J connectivity index is 2.30. The topological polar surface area (TPSA) is 12.5 Å². The van der Waals surface area contributed by atoms with Gasteiger partial charge in [0.2, 0.25) is 0 Å². The Labute approximate surface area is 91.2 Å². The molecule has 80 valence electrons. The quantitative estimate of drug-likeness (QED) is 0.694. The molecule has 0 bridgehead atoms. The van der Waals surface area contributed by atoms with Crippen LogP contribution in [-0.2, 0) is 10.2 Å². The molecule has 0 spiro atoms. The fraction of sp³-hybridized carbons (Fsp3) is 0.385. The van der Waals surface area contributed by atoms with Crippen molar-refractivity contribution in [2.24, 2.45) is 0 Å². The number of hydrogen-bond acceptors (Lipinski definition) is 2. The molecular weight excluding hydrogens is 186 g/mol. The first-order valence-corrected chi connectivity index (χ1v) is 5.23. The molecule has 1 heterocycles. The van der Waals surface area contributed by atoms with Crippen LogP contribution >= 0.6 is 0 Å². The Kier molecular flexibility index (Phi) is 2.43. The number of anilines is 1. The van der Waals surface area contributed by atoms with Crippen LogP contribution in [0.25, 0.3) is 0 Å². The molecule has 0 atom stereocenters. The first kappa shape index (κ1) is 10.1. The van der Waals surface area contributed by atoms with Crippen molar-refractivity contribution < 1.29 is 4.74 Å². The maximum atomic E-state index is 5.18. The van der Waals surface area contributed by atoms with E-state index in [1.165, 1.54) is 11.3 Å². The molecule has 0 aliphatic carbocycles. The van der Waals surface area contributed by atoms with Crippen molar-refractivity contribution in [2.45, 2.75) is 26.2 Å². The van der Waals surface area contributed by atoms with E-state index in [2.05, 4.69) is 49.9 Å². The van der Waals surface area contributed by atoms with Gasteiger partial charge in [-0.3, -0.25) is 0 Å². The fourth-order valence-electron chi connectivity index (χ4n) is 1.59. The third kappa shape index (κ3) is 2.14. The first-order chi connectivity index (χ1) is 7.07. The molecule has 0 radical (unpaired) electrons. The highest BCUT2D eigenvalue weighted by molar-refractivity contribution is 5.52. The summed E-state index contributed by atoms with van der Waals surface area (Å²) in [5, 5.41) is 0. The second-order valence-electron chi connectivity index (χ2n) is 4.85. The van der Waals surface area contributed by atoms with Crippen LogP contribution in [0.15, 0.2) is 36.7 Å². The molecule has 15 heavy (non-hydrogen) atoms. The van der Waals surface area contributed by atoms with Crippen molar-refractivity contribution in [3.8, 4) is 0 Å². The molecule has 0 unspecified atom stereocenters. The minimum absolute atomic E-state index is 0.195. The molecule has 1 aliphatic heterocycles. The van der Waals surface area contributed by atoms with Gasteiger partial charge in [0.05, 0.1) is 0 Å². The molecule has 0 fully saturated rings. The molecule has 2 nitrogen and oxygen atoms in total. The summed E-state index contributed by atoms with van der Waals surface area (Å²) < 4.78 is 5.18. The van der Waals surface area contributed by atoms with Gasteiger partial charge >= 0.3 is 0 Å². The zero-order valence-electron chi connectivity index (χ0n) is 9.53. The molecule has 0 N–H and O–H groups in total. The van der Waals surface area contributed by atoms with Crippen LogP contribution in [0.5, 0.6) is 0 Å². The van der Waals surface area contributed by atoms with E-state index in [4.69, 9.17) is 4.74 Å². The van der Waals surface area contributed by atoms with Gasteiger partial charge in [0.15, 0.2) is 6.73 Å². The Bertz CT molecular complexity index is 376. The lowest BCUT2D eigenvalue weighted by Crippen LogP contribution is -2.16. The van der Waals surface area contributed by atoms with E-state index in [9.17, 15) is 0 Å². The van der Waals surface area contributed by atoms with Crippen LogP contribution in [0.3, 0.4) is 0 Å². The molecule has 0 aromatic heterocycles. The highest BCUT2D eigenvalue weighted by Crippen LogP contribution is 2.27. The first-order valence-electron chi connectivity index (χ1n) is 5.23. The largest absolute Gasteiger partial charge is 0.479 e. The lowest BCUT2D eigenvalue weighted by molar-refractivity contribution is 0.282. The van der Waals surface area contributed by atoms with Gasteiger partial charge in [0.25, 0.3) is 0 Å². The number of ether oxygens (including phenoxy) is 1. The smallest absolute Gasteiger partial charge is 0.164 e. The van der Waals surface area contributed by atoms with E-state index < -0.39 is 0 Å². The molecule has 0 amide bonds. The maximum Gasteiger partial charge on any atom is 0.164 e. The highest BCUT2D eigenvalue weighted by Gasteiger charge is 2.15. The van der Waals surface area contributed by atoms with Crippen LogP contribution < -0.4 is 4.90 Å². The number of nitrogens with zero attached hydrogens (tertiary/aromatic N) is 1. The van der Waals surface area contributed by atoms with Crippen molar-refractivity contribution >= 4 is 5.69 Å². The fourth-order valence-corrected chi connectivity index (χ4v) is 1.59. The zero-order valence-corrected chi connectivity index (χ0v) is 9.53. The minimum Gasteiger partial charge on any atom is -0.479 e. The molecular formula is C13H17NO. The van der Waals surface area contributed by atoms with E-state index in [0.29, 0.717) is 6.73 Å². The number of hydrogen-bond donors (Lipinski definition) is 0. The molecule has 2 heteroatoms. The van der Waals surface area contributed by atoms with Gasteiger partial charge in [-0.25, -0.2) is 0 Å². The van der Waals surface area contributed by atoms with E-state index in [-0.39, 0.29) is 5.41 Å². The summed E-state index contributed by atoms with van der Waals surface area (Å²) in [5.41, 5.74) is 2.73. The summed E-state index contributed by atoms with van der Waals surface area (Å²) in [6, 6.07) is 8.60. The molecule has 0 saturated heterocycles. The lowest BCUT2D eigenvalue weighted by atomic mass is 9.87. The third-order valence-electron chi connectivity index (χ3n) is 2.59. The highest BCUT2D eigenvalue weighted by atomic mass is 16.5. The van der Waals surface area contributed by atoms with Crippen LogP contribution in [-0.4, -0.2) is 6.73 Å².